The topological polar surface area (TPSA) is 90.5 Å². The third-order valence-electron chi connectivity index (χ3n) is 8.63. The molecule has 2 aromatic heterocycles. The van der Waals surface area contributed by atoms with Gasteiger partial charge in [0.25, 0.3) is 5.69 Å². The minimum absolute atomic E-state index is 0.111. The average Bonchev–Trinajstić information content (AvgIpc) is 3.40. The number of fused-ring (bicyclic) bond motifs is 2. The third-order valence-corrected chi connectivity index (χ3v) is 9.81. The molecular weight excluding hydrogens is 597 g/mol. The van der Waals surface area contributed by atoms with Crippen LogP contribution in [-0.4, -0.2) is 95.0 Å². The first kappa shape index (κ1) is 31.9. The van der Waals surface area contributed by atoms with Gasteiger partial charge in [0, 0.05) is 60.6 Å². The Bertz CT molecular complexity index is 1650. The summed E-state index contributed by atoms with van der Waals surface area (Å²) in [6.07, 6.45) is 4.67. The van der Waals surface area contributed by atoms with Crippen molar-refractivity contribution < 1.29 is 14.3 Å². The molecule has 2 aliphatic rings. The molecule has 1 aliphatic carbocycles. The highest BCUT2D eigenvalue weighted by Gasteiger charge is 2.42. The number of thioether (sulfide) groups is 1. The summed E-state index contributed by atoms with van der Waals surface area (Å²) < 4.78 is 1.87. The summed E-state index contributed by atoms with van der Waals surface area (Å²) in [5.41, 5.74) is 2.31. The molecule has 1 fully saturated rings. The lowest BCUT2D eigenvalue weighted by Gasteiger charge is -2.35. The Morgan fingerprint density at radius 1 is 0.935 bits per heavy atom. The highest BCUT2D eigenvalue weighted by Crippen LogP contribution is 2.31. The number of hydrogen-bond acceptors (Lipinski definition) is 9. The van der Waals surface area contributed by atoms with Gasteiger partial charge < -0.3 is 15.1 Å². The van der Waals surface area contributed by atoms with Crippen molar-refractivity contribution in [1.29, 1.82) is 0 Å². The van der Waals surface area contributed by atoms with Crippen LogP contribution in [0, 0.1) is 0 Å². The molecule has 240 valence electrons. The van der Waals surface area contributed by atoms with E-state index < -0.39 is 0 Å². The summed E-state index contributed by atoms with van der Waals surface area (Å²) in [4.78, 5) is 41.9. The first-order chi connectivity index (χ1) is 22.4. The van der Waals surface area contributed by atoms with Crippen LogP contribution in [0.1, 0.15) is 51.4 Å². The number of anilines is 2. The Kier molecular flexibility index (Phi) is 10.1. The zero-order valence-corrected chi connectivity index (χ0v) is 27.7. The lowest BCUT2D eigenvalue weighted by Crippen LogP contribution is -2.50. The molecule has 0 amide bonds. The Labute approximate surface area is 275 Å². The van der Waals surface area contributed by atoms with Gasteiger partial charge in [0.15, 0.2) is 0 Å². The van der Waals surface area contributed by atoms with E-state index in [1.807, 2.05) is 53.3 Å². The quantitative estimate of drug-likeness (QED) is 0.117. The van der Waals surface area contributed by atoms with E-state index >= 15 is 0 Å². The van der Waals surface area contributed by atoms with Gasteiger partial charge in [0.1, 0.15) is 12.4 Å². The Morgan fingerprint density at radius 2 is 1.72 bits per heavy atom. The maximum absolute atomic E-state index is 13.8. The van der Waals surface area contributed by atoms with Gasteiger partial charge in [0.05, 0.1) is 17.5 Å². The van der Waals surface area contributed by atoms with Crippen molar-refractivity contribution in [3.63, 3.8) is 0 Å². The minimum Gasteiger partial charge on any atom is -0.373 e. The number of pyridine rings is 1. The zero-order chi connectivity index (χ0) is 32.0. The highest BCUT2D eigenvalue weighted by atomic mass is 32.2. The van der Waals surface area contributed by atoms with Crippen molar-refractivity contribution in [3.8, 4) is 0 Å². The molecule has 0 bridgehead atoms. The fourth-order valence-electron chi connectivity index (χ4n) is 6.21. The molecule has 3 heterocycles. The van der Waals surface area contributed by atoms with Crippen LogP contribution in [0.3, 0.4) is 0 Å². The van der Waals surface area contributed by atoms with Crippen molar-refractivity contribution in [2.24, 2.45) is 7.05 Å². The number of hydrogen-bond donors (Lipinski definition) is 1. The second-order valence-corrected chi connectivity index (χ2v) is 13.5. The smallest absolute Gasteiger partial charge is 0.300 e. The molecule has 6 rings (SSSR count). The van der Waals surface area contributed by atoms with E-state index in [1.165, 1.54) is 4.90 Å². The predicted octanol–water partition coefficient (Wildman–Crippen LogP) is 3.96. The molecule has 1 saturated heterocycles. The standard InChI is InChI=1S/C35H42N8O2S/c1-39(2)18-9-14-31(46-27-11-5-4-6-12-27)37-26-15-16-28-29(25-26)34(44)32-33(35(28)45)43(40(3)38-32)20-10-19-41-21-23-42(24-22-41)30-13-7-8-17-36-30/h4-8,11-13,15-17,25,31H,9-10,14,18-24H2,1-3H3/p+1. The largest absolute Gasteiger partial charge is 0.373 e. The average molecular weight is 640 g/mol. The number of aryl methyl sites for hydroxylation is 1. The van der Waals surface area contributed by atoms with E-state index in [0.29, 0.717) is 23.4 Å². The SMILES string of the molecule is CN(C)CCCC(Nc1ccc2c(c1)C(=O)c1nn(C)[n+](CCCN3CCN(c4ccccn4)CC3)c1C2=O)Sc1ccccc1. The molecule has 1 unspecified atom stereocenters. The highest BCUT2D eigenvalue weighted by molar-refractivity contribution is 8.00. The van der Waals surface area contributed by atoms with E-state index in [4.69, 9.17) is 0 Å². The number of piperazine rings is 1. The summed E-state index contributed by atoms with van der Waals surface area (Å²) in [5, 5.41) is 8.30. The molecular formula is C35H43N8O2S+. The maximum Gasteiger partial charge on any atom is 0.300 e. The molecule has 11 heteroatoms. The van der Waals surface area contributed by atoms with Gasteiger partial charge in [-0.05, 0) is 87.2 Å². The third kappa shape index (κ3) is 7.32. The van der Waals surface area contributed by atoms with Gasteiger partial charge >= 0.3 is 5.69 Å². The lowest BCUT2D eigenvalue weighted by atomic mass is 9.89. The minimum atomic E-state index is -0.201. The maximum atomic E-state index is 13.8. The number of rotatable bonds is 13. The van der Waals surface area contributed by atoms with Gasteiger partial charge in [0.2, 0.25) is 11.6 Å². The van der Waals surface area contributed by atoms with Crippen molar-refractivity contribution in [2.45, 2.75) is 36.1 Å². The van der Waals surface area contributed by atoms with Crippen molar-refractivity contribution >= 4 is 34.8 Å². The molecule has 0 radical (unpaired) electrons. The number of aromatic nitrogens is 4. The summed E-state index contributed by atoms with van der Waals surface area (Å²) in [6, 6.07) is 21.9. The van der Waals surface area contributed by atoms with Crippen LogP contribution in [0.25, 0.3) is 0 Å². The first-order valence-electron chi connectivity index (χ1n) is 16.1. The van der Waals surface area contributed by atoms with Crippen LogP contribution >= 0.6 is 11.8 Å². The summed E-state index contributed by atoms with van der Waals surface area (Å²) >= 11 is 1.78. The second kappa shape index (κ2) is 14.6. The normalized spacial score (nSPS) is 15.6. The molecule has 1 aliphatic heterocycles. The first-order valence-corrected chi connectivity index (χ1v) is 17.0. The Hall–Kier alpha value is -4.06. The molecule has 2 aromatic carbocycles. The zero-order valence-electron chi connectivity index (χ0n) is 26.9. The van der Waals surface area contributed by atoms with Gasteiger partial charge in [-0.15, -0.1) is 16.4 Å². The predicted molar refractivity (Wildman–Crippen MR) is 182 cm³/mol. The second-order valence-electron chi connectivity index (χ2n) is 12.2. The number of benzene rings is 2. The molecule has 0 saturated carbocycles. The number of ketones is 2. The molecule has 46 heavy (non-hydrogen) atoms. The summed E-state index contributed by atoms with van der Waals surface area (Å²) in [5.74, 6) is 0.680. The fourth-order valence-corrected chi connectivity index (χ4v) is 7.33. The Balaban J connectivity index is 1.11. The number of carbonyl (C=O) groups excluding carboxylic acids is 2. The van der Waals surface area contributed by atoms with Crippen LogP contribution in [0.15, 0.2) is 77.8 Å². The van der Waals surface area contributed by atoms with E-state index in [2.05, 4.69) is 62.4 Å². The van der Waals surface area contributed by atoms with Crippen LogP contribution in [0.2, 0.25) is 0 Å². The molecule has 1 N–H and O–H groups in total. The van der Waals surface area contributed by atoms with E-state index in [9.17, 15) is 9.59 Å². The van der Waals surface area contributed by atoms with Crippen LogP contribution < -0.4 is 14.9 Å². The van der Waals surface area contributed by atoms with Crippen molar-refractivity contribution in [3.05, 3.63) is 95.4 Å². The van der Waals surface area contributed by atoms with Crippen LogP contribution in [0.5, 0.6) is 0 Å². The van der Waals surface area contributed by atoms with E-state index in [-0.39, 0.29) is 22.6 Å². The molecule has 10 nitrogen and oxygen atoms in total. The van der Waals surface area contributed by atoms with Gasteiger partial charge in [-0.25, -0.2) is 4.98 Å². The van der Waals surface area contributed by atoms with Gasteiger partial charge in [-0.3, -0.25) is 14.5 Å². The van der Waals surface area contributed by atoms with Gasteiger partial charge in [-0.1, -0.05) is 24.3 Å². The van der Waals surface area contributed by atoms with Crippen molar-refractivity contribution in [2.75, 3.05) is 63.6 Å². The van der Waals surface area contributed by atoms with Crippen molar-refractivity contribution in [1.82, 2.24) is 24.7 Å². The molecule has 0 spiro atoms. The fraction of sp³-hybridized carbons (Fsp3) is 0.400. The Morgan fingerprint density at radius 3 is 2.46 bits per heavy atom. The summed E-state index contributed by atoms with van der Waals surface area (Å²) in [6.45, 7) is 6.32. The van der Waals surface area contributed by atoms with Crippen LogP contribution in [0.4, 0.5) is 11.5 Å². The molecule has 1 atom stereocenters. The van der Waals surface area contributed by atoms with Crippen LogP contribution in [-0.2, 0) is 13.6 Å². The van der Waals surface area contributed by atoms with E-state index in [1.54, 1.807) is 29.7 Å². The monoisotopic (exact) mass is 639 g/mol. The van der Waals surface area contributed by atoms with E-state index in [0.717, 1.165) is 70.0 Å². The number of nitrogens with one attached hydrogen (secondary N) is 1. The van der Waals surface area contributed by atoms with Gasteiger partial charge in [-0.2, -0.15) is 0 Å². The summed E-state index contributed by atoms with van der Waals surface area (Å²) in [7, 11) is 5.98. The number of nitrogens with zero attached hydrogens (tertiary/aromatic N) is 7. The lowest BCUT2D eigenvalue weighted by molar-refractivity contribution is -0.779. The molecule has 4 aromatic rings. The number of carbonyl (C=O) groups is 2.